The van der Waals surface area contributed by atoms with Crippen LogP contribution in [-0.4, -0.2) is 30.9 Å². The van der Waals surface area contributed by atoms with Gasteiger partial charge < -0.3 is 9.84 Å². The second-order valence-electron chi connectivity index (χ2n) is 5.51. The van der Waals surface area contributed by atoms with E-state index in [1.807, 2.05) is 0 Å². The maximum absolute atomic E-state index is 12.9. The van der Waals surface area contributed by atoms with Crippen LogP contribution in [0.3, 0.4) is 0 Å². The van der Waals surface area contributed by atoms with Gasteiger partial charge in [-0.2, -0.15) is 4.31 Å². The standard InChI is InChI=1S/C17H17NO5S/c1-23-15-8-4-2-6-12(15)11-18-14(10-17(19)20)13-7-3-5-9-16(13)24(18,21)22/h2-9,14H,10-11H2,1H3,(H,19,20)/t14-/m0/s1. The highest BCUT2D eigenvalue weighted by atomic mass is 32.2. The molecule has 1 atom stereocenters. The molecule has 2 aromatic carbocycles. The molecule has 0 saturated heterocycles. The summed E-state index contributed by atoms with van der Waals surface area (Å²) in [5, 5.41) is 9.21. The molecule has 1 aliphatic rings. The molecule has 0 fully saturated rings. The number of sulfonamides is 1. The van der Waals surface area contributed by atoms with E-state index in [4.69, 9.17) is 4.74 Å². The summed E-state index contributed by atoms with van der Waals surface area (Å²) in [5.41, 5.74) is 1.21. The van der Waals surface area contributed by atoms with E-state index in [0.717, 1.165) is 0 Å². The van der Waals surface area contributed by atoms with E-state index < -0.39 is 22.0 Å². The van der Waals surface area contributed by atoms with E-state index in [1.165, 1.54) is 17.5 Å². The number of carboxylic acid groups (broad SMARTS) is 1. The van der Waals surface area contributed by atoms with Gasteiger partial charge in [-0.15, -0.1) is 0 Å². The van der Waals surface area contributed by atoms with Crippen LogP contribution in [0.5, 0.6) is 5.75 Å². The molecule has 24 heavy (non-hydrogen) atoms. The molecule has 0 aromatic heterocycles. The minimum Gasteiger partial charge on any atom is -0.496 e. The largest absolute Gasteiger partial charge is 0.496 e. The van der Waals surface area contributed by atoms with Crippen LogP contribution < -0.4 is 4.74 Å². The Hall–Kier alpha value is -2.38. The molecule has 0 saturated carbocycles. The molecule has 1 aliphatic heterocycles. The quantitative estimate of drug-likeness (QED) is 0.898. The van der Waals surface area contributed by atoms with Crippen molar-refractivity contribution < 1.29 is 23.1 Å². The number of ether oxygens (including phenoxy) is 1. The van der Waals surface area contributed by atoms with Crippen LogP contribution in [0.4, 0.5) is 0 Å². The first-order valence-corrected chi connectivity index (χ1v) is 8.83. The van der Waals surface area contributed by atoms with E-state index in [9.17, 15) is 18.3 Å². The van der Waals surface area contributed by atoms with Crippen molar-refractivity contribution in [1.82, 2.24) is 4.31 Å². The van der Waals surface area contributed by atoms with Crippen LogP contribution in [0.1, 0.15) is 23.6 Å². The molecule has 0 unspecified atom stereocenters. The fraction of sp³-hybridized carbons (Fsp3) is 0.235. The summed E-state index contributed by atoms with van der Waals surface area (Å²) in [6.45, 7) is 0.0545. The fourth-order valence-corrected chi connectivity index (χ4v) is 4.85. The third-order valence-corrected chi connectivity index (χ3v) is 6.03. The summed E-state index contributed by atoms with van der Waals surface area (Å²) in [5.74, 6) is -0.477. The first kappa shape index (κ1) is 16.5. The molecule has 1 N–H and O–H groups in total. The van der Waals surface area contributed by atoms with E-state index in [2.05, 4.69) is 0 Å². The third kappa shape index (κ3) is 2.76. The minimum absolute atomic E-state index is 0.0545. The molecular formula is C17H17NO5S. The van der Waals surface area contributed by atoms with Crippen molar-refractivity contribution in [3.05, 3.63) is 59.7 Å². The maximum atomic E-state index is 12.9. The lowest BCUT2D eigenvalue weighted by molar-refractivity contribution is -0.138. The highest BCUT2D eigenvalue weighted by Crippen LogP contribution is 2.42. The number of methoxy groups -OCH3 is 1. The predicted octanol–water partition coefficient (Wildman–Crippen LogP) is 2.42. The molecule has 0 radical (unpaired) electrons. The maximum Gasteiger partial charge on any atom is 0.305 e. The van der Waals surface area contributed by atoms with Crippen LogP contribution >= 0.6 is 0 Å². The Morgan fingerprint density at radius 2 is 1.83 bits per heavy atom. The fourth-order valence-electron chi connectivity index (χ4n) is 3.01. The van der Waals surface area contributed by atoms with Gasteiger partial charge in [0.15, 0.2) is 0 Å². The van der Waals surface area contributed by atoms with Crippen LogP contribution in [0, 0.1) is 0 Å². The van der Waals surface area contributed by atoms with E-state index in [1.54, 1.807) is 42.5 Å². The topological polar surface area (TPSA) is 83.9 Å². The van der Waals surface area contributed by atoms with Gasteiger partial charge in [-0.1, -0.05) is 36.4 Å². The molecule has 6 nitrogen and oxygen atoms in total. The van der Waals surface area contributed by atoms with Gasteiger partial charge in [0.05, 0.1) is 24.5 Å². The van der Waals surface area contributed by atoms with Gasteiger partial charge in [0.25, 0.3) is 0 Å². The van der Waals surface area contributed by atoms with E-state index >= 15 is 0 Å². The summed E-state index contributed by atoms with van der Waals surface area (Å²) < 4.78 is 32.3. The zero-order valence-electron chi connectivity index (χ0n) is 13.0. The third-order valence-electron chi connectivity index (χ3n) is 4.10. The first-order valence-electron chi connectivity index (χ1n) is 7.39. The van der Waals surface area contributed by atoms with Crippen LogP contribution in [0.15, 0.2) is 53.4 Å². The number of rotatable bonds is 5. The lowest BCUT2D eigenvalue weighted by Gasteiger charge is -2.23. The summed E-state index contributed by atoms with van der Waals surface area (Å²) in [4.78, 5) is 11.4. The minimum atomic E-state index is -3.75. The lowest BCUT2D eigenvalue weighted by atomic mass is 10.0. The summed E-state index contributed by atoms with van der Waals surface area (Å²) in [6.07, 6.45) is -0.286. The SMILES string of the molecule is COc1ccccc1CN1[C@@H](CC(=O)O)c2ccccc2S1(=O)=O. The van der Waals surface area contributed by atoms with E-state index in [0.29, 0.717) is 16.9 Å². The number of hydrogen-bond acceptors (Lipinski definition) is 4. The van der Waals surface area contributed by atoms with Crippen molar-refractivity contribution in [2.45, 2.75) is 23.9 Å². The van der Waals surface area contributed by atoms with Crippen LogP contribution in [-0.2, 0) is 21.4 Å². The molecule has 1 heterocycles. The summed E-state index contributed by atoms with van der Waals surface area (Å²) >= 11 is 0. The molecule has 0 bridgehead atoms. The van der Waals surface area contributed by atoms with Gasteiger partial charge >= 0.3 is 5.97 Å². The lowest BCUT2D eigenvalue weighted by Crippen LogP contribution is -2.29. The van der Waals surface area contributed by atoms with Gasteiger partial charge in [-0.3, -0.25) is 4.79 Å². The van der Waals surface area contributed by atoms with Crippen LogP contribution in [0.2, 0.25) is 0 Å². The Bertz CT molecular complexity index is 878. The number of hydrogen-bond donors (Lipinski definition) is 1. The normalized spacial score (nSPS) is 19.0. The summed E-state index contributed by atoms with van der Waals surface area (Å²) in [6, 6.07) is 12.9. The number of fused-ring (bicyclic) bond motifs is 1. The van der Waals surface area contributed by atoms with Gasteiger partial charge in [0.2, 0.25) is 10.0 Å². The van der Waals surface area contributed by atoms with Crippen molar-refractivity contribution in [1.29, 1.82) is 0 Å². The van der Waals surface area contributed by atoms with Crippen molar-refractivity contribution in [3.8, 4) is 5.75 Å². The molecule has 0 spiro atoms. The Morgan fingerprint density at radius 3 is 2.54 bits per heavy atom. The van der Waals surface area contributed by atoms with Gasteiger partial charge in [0, 0.05) is 12.1 Å². The van der Waals surface area contributed by atoms with Crippen molar-refractivity contribution in [2.24, 2.45) is 0 Å². The Kier molecular flexibility index (Phi) is 4.29. The molecule has 2 aromatic rings. The number of nitrogens with zero attached hydrogens (tertiary/aromatic N) is 1. The number of para-hydroxylation sites is 1. The predicted molar refractivity (Wildman–Crippen MR) is 87.2 cm³/mol. The van der Waals surface area contributed by atoms with E-state index in [-0.39, 0.29) is 17.9 Å². The molecule has 0 amide bonds. The van der Waals surface area contributed by atoms with Crippen LogP contribution in [0.25, 0.3) is 0 Å². The molecular weight excluding hydrogens is 330 g/mol. The second-order valence-corrected chi connectivity index (χ2v) is 7.37. The number of benzene rings is 2. The molecule has 7 heteroatoms. The highest BCUT2D eigenvalue weighted by Gasteiger charge is 2.43. The smallest absolute Gasteiger partial charge is 0.305 e. The molecule has 126 valence electrons. The van der Waals surface area contributed by atoms with Gasteiger partial charge in [-0.25, -0.2) is 8.42 Å². The number of carboxylic acids is 1. The number of aliphatic carboxylic acids is 1. The highest BCUT2D eigenvalue weighted by molar-refractivity contribution is 7.89. The monoisotopic (exact) mass is 347 g/mol. The van der Waals surface area contributed by atoms with Crippen molar-refractivity contribution >= 4 is 16.0 Å². The number of carbonyl (C=O) groups is 1. The molecule has 0 aliphatic carbocycles. The van der Waals surface area contributed by atoms with Gasteiger partial charge in [0.1, 0.15) is 5.75 Å². The van der Waals surface area contributed by atoms with Gasteiger partial charge in [-0.05, 0) is 17.7 Å². The zero-order valence-corrected chi connectivity index (χ0v) is 13.9. The summed E-state index contributed by atoms with van der Waals surface area (Å²) in [7, 11) is -2.24. The Labute approximate surface area is 140 Å². The Morgan fingerprint density at radius 1 is 1.17 bits per heavy atom. The Balaban J connectivity index is 2.06. The average Bonchev–Trinajstić information content (AvgIpc) is 2.77. The van der Waals surface area contributed by atoms with Crippen molar-refractivity contribution in [3.63, 3.8) is 0 Å². The average molecular weight is 347 g/mol. The second kappa shape index (κ2) is 6.26. The first-order chi connectivity index (χ1) is 11.4. The molecule has 3 rings (SSSR count). The zero-order chi connectivity index (χ0) is 17.3. The van der Waals surface area contributed by atoms with Crippen molar-refractivity contribution in [2.75, 3.05) is 7.11 Å².